The quantitative estimate of drug-likeness (QED) is 0.182. The van der Waals surface area contributed by atoms with Gasteiger partial charge in [0.15, 0.2) is 9.26 Å². The normalized spacial score (nSPS) is 11.2. The van der Waals surface area contributed by atoms with E-state index in [1.165, 1.54) is 32.4 Å². The van der Waals surface area contributed by atoms with Gasteiger partial charge in [0.25, 0.3) is 0 Å². The highest BCUT2D eigenvalue weighted by molar-refractivity contribution is 9.10. The molecule has 9 heteroatoms. The molecule has 3 aromatic carbocycles. The SMILES string of the molecule is CCOC(=O)c1c([I+]c2c(C)cc(C)cc2C)c2cc(Br)ccc2n1C.Cc1ccc(S(=O)(=O)[O-])cc1. The Kier molecular flexibility index (Phi) is 9.60. The Morgan fingerprint density at radius 1 is 0.946 bits per heavy atom. The van der Waals surface area contributed by atoms with Crippen molar-refractivity contribution in [1.82, 2.24) is 4.57 Å². The highest BCUT2D eigenvalue weighted by Gasteiger charge is 2.34. The Balaban J connectivity index is 0.000000289. The van der Waals surface area contributed by atoms with Crippen molar-refractivity contribution in [3.05, 3.63) is 94.2 Å². The number of hydrogen-bond acceptors (Lipinski definition) is 5. The first-order valence-electron chi connectivity index (χ1n) is 11.5. The van der Waals surface area contributed by atoms with Gasteiger partial charge in [0.1, 0.15) is 10.1 Å². The third-order valence-electron chi connectivity index (χ3n) is 5.65. The number of aryl methyl sites for hydroxylation is 5. The van der Waals surface area contributed by atoms with Crippen molar-refractivity contribution in [3.8, 4) is 0 Å². The number of ether oxygens (including phenoxy) is 1. The van der Waals surface area contributed by atoms with E-state index in [9.17, 15) is 17.8 Å². The zero-order valence-corrected chi connectivity index (χ0v) is 26.1. The summed E-state index contributed by atoms with van der Waals surface area (Å²) < 4.78 is 42.1. The van der Waals surface area contributed by atoms with Crippen LogP contribution in [0.3, 0.4) is 0 Å². The molecule has 0 unspecified atom stereocenters. The molecule has 1 heterocycles. The Morgan fingerprint density at radius 2 is 1.54 bits per heavy atom. The number of carbonyl (C=O) groups is 1. The topological polar surface area (TPSA) is 88.4 Å². The van der Waals surface area contributed by atoms with Crippen molar-refractivity contribution in [2.45, 2.75) is 39.5 Å². The Bertz CT molecular complexity index is 1540. The number of hydrogen-bond donors (Lipinski definition) is 0. The molecule has 1 aromatic heterocycles. The van der Waals surface area contributed by atoms with Gasteiger partial charge in [0.2, 0.25) is 3.57 Å². The second kappa shape index (κ2) is 12.1. The van der Waals surface area contributed by atoms with Gasteiger partial charge in [-0.05, 0) is 65.0 Å². The number of esters is 1. The second-order valence-corrected chi connectivity index (χ2v) is 13.7. The van der Waals surface area contributed by atoms with Gasteiger partial charge < -0.3 is 13.9 Å². The summed E-state index contributed by atoms with van der Waals surface area (Å²) in [6.45, 7) is 10.5. The predicted molar refractivity (Wildman–Crippen MR) is 144 cm³/mol. The molecule has 0 amide bonds. The minimum Gasteiger partial charge on any atom is -0.744 e. The van der Waals surface area contributed by atoms with Crippen LogP contribution in [0.2, 0.25) is 0 Å². The molecular weight excluding hydrogens is 669 g/mol. The number of nitrogens with zero attached hydrogens (tertiary/aromatic N) is 1. The van der Waals surface area contributed by atoms with Gasteiger partial charge in [0.05, 0.1) is 22.4 Å². The van der Waals surface area contributed by atoms with E-state index < -0.39 is 31.3 Å². The van der Waals surface area contributed by atoms with Crippen molar-refractivity contribution in [1.29, 1.82) is 0 Å². The summed E-state index contributed by atoms with van der Waals surface area (Å²) in [5, 5.41) is 1.14. The predicted octanol–water partition coefficient (Wildman–Crippen LogP) is 3.07. The number of benzene rings is 3. The van der Waals surface area contributed by atoms with Crippen molar-refractivity contribution in [3.63, 3.8) is 0 Å². The van der Waals surface area contributed by atoms with E-state index >= 15 is 0 Å². The maximum atomic E-state index is 12.7. The Morgan fingerprint density at radius 3 is 2.08 bits per heavy atom. The molecule has 4 aromatic rings. The molecule has 0 atom stereocenters. The molecule has 0 fully saturated rings. The lowest BCUT2D eigenvalue weighted by Gasteiger charge is -2.05. The molecule has 4 rings (SSSR count). The first-order valence-corrected chi connectivity index (χ1v) is 15.9. The molecule has 0 bridgehead atoms. The summed E-state index contributed by atoms with van der Waals surface area (Å²) in [4.78, 5) is 12.5. The highest BCUT2D eigenvalue weighted by Crippen LogP contribution is 2.24. The summed E-state index contributed by atoms with van der Waals surface area (Å²) in [5.41, 5.74) is 6.56. The van der Waals surface area contributed by atoms with E-state index in [-0.39, 0.29) is 10.9 Å². The van der Waals surface area contributed by atoms with Crippen molar-refractivity contribution >= 4 is 42.9 Å². The molecule has 0 aliphatic heterocycles. The zero-order chi connectivity index (χ0) is 27.5. The van der Waals surface area contributed by atoms with Gasteiger partial charge in [-0.1, -0.05) is 51.3 Å². The summed E-state index contributed by atoms with van der Waals surface area (Å²) in [6, 6.07) is 16.4. The number of carbonyl (C=O) groups excluding carboxylic acids is 1. The number of fused-ring (bicyclic) bond motifs is 1. The fourth-order valence-corrected chi connectivity index (χ4v) is 8.10. The van der Waals surface area contributed by atoms with E-state index in [2.05, 4.69) is 61.0 Å². The molecule has 0 spiro atoms. The third kappa shape index (κ3) is 7.01. The van der Waals surface area contributed by atoms with Crippen LogP contribution in [0.25, 0.3) is 10.9 Å². The largest absolute Gasteiger partial charge is 0.744 e. The maximum absolute atomic E-state index is 12.7. The fraction of sp³-hybridized carbons (Fsp3) is 0.250. The van der Waals surface area contributed by atoms with Gasteiger partial charge in [0, 0.05) is 22.6 Å². The summed E-state index contributed by atoms with van der Waals surface area (Å²) >= 11 is 3.05. The van der Waals surface area contributed by atoms with Crippen LogP contribution in [0.5, 0.6) is 0 Å². The fourth-order valence-electron chi connectivity index (χ4n) is 4.00. The summed E-state index contributed by atoms with van der Waals surface area (Å²) in [5.74, 6) is -0.237. The van der Waals surface area contributed by atoms with Crippen LogP contribution in [0.1, 0.15) is 39.7 Å². The molecule has 0 aliphatic carbocycles. The number of halogens is 2. The lowest BCUT2D eigenvalue weighted by atomic mass is 10.1. The lowest BCUT2D eigenvalue weighted by Crippen LogP contribution is -3.62. The molecule has 0 saturated carbocycles. The van der Waals surface area contributed by atoms with Gasteiger partial charge in [-0.2, -0.15) is 0 Å². The average Bonchev–Trinajstić information content (AvgIpc) is 3.07. The van der Waals surface area contributed by atoms with Crippen molar-refractivity contribution in [2.75, 3.05) is 6.61 Å². The second-order valence-electron chi connectivity index (χ2n) is 8.68. The van der Waals surface area contributed by atoms with Gasteiger partial charge in [-0.15, -0.1) is 0 Å². The number of rotatable bonds is 5. The molecule has 6 nitrogen and oxygen atoms in total. The van der Waals surface area contributed by atoms with Gasteiger partial charge in [-0.3, -0.25) is 0 Å². The van der Waals surface area contributed by atoms with E-state index in [0.29, 0.717) is 12.3 Å². The molecule has 37 heavy (non-hydrogen) atoms. The minimum atomic E-state index is -4.27. The van der Waals surface area contributed by atoms with Crippen LogP contribution in [-0.2, 0) is 21.9 Å². The van der Waals surface area contributed by atoms with Crippen molar-refractivity contribution < 1.29 is 43.7 Å². The van der Waals surface area contributed by atoms with Crippen LogP contribution in [0, 0.1) is 34.8 Å². The van der Waals surface area contributed by atoms with Gasteiger partial charge >= 0.3 is 27.2 Å². The Labute approximate surface area is 237 Å². The smallest absolute Gasteiger partial charge is 0.361 e. The van der Waals surface area contributed by atoms with Crippen LogP contribution in [0.15, 0.2) is 64.0 Å². The zero-order valence-electron chi connectivity index (χ0n) is 21.6. The monoisotopic (exact) mass is 697 g/mol. The van der Waals surface area contributed by atoms with Crippen molar-refractivity contribution in [2.24, 2.45) is 7.05 Å². The first-order chi connectivity index (χ1) is 17.3. The van der Waals surface area contributed by atoms with Crippen LogP contribution in [-0.4, -0.2) is 30.1 Å². The van der Waals surface area contributed by atoms with E-state index in [0.717, 1.165) is 24.5 Å². The van der Waals surface area contributed by atoms with Crippen LogP contribution < -0.4 is 21.2 Å². The standard InChI is InChI=1S/C21H22BrINO2.C7H8O3S/c1-6-26-21(25)20-19(16-11-15(22)7-8-17(16)24(20)5)23-18-13(3)9-12(2)10-14(18)4;1-6-2-4-7(5-3-6)11(8,9)10/h7-11H,6H2,1-5H3;2-5H,1H3,(H,8,9,10)/q+1;/p-1. The molecule has 0 aliphatic rings. The molecule has 0 N–H and O–H groups in total. The van der Waals surface area contributed by atoms with Crippen LogP contribution >= 0.6 is 15.9 Å². The first kappa shape index (κ1) is 29.3. The number of aromatic nitrogens is 1. The Hall–Kier alpha value is -2.21. The minimum absolute atomic E-state index is 0.178. The molecule has 196 valence electrons. The van der Waals surface area contributed by atoms with E-state index in [4.69, 9.17) is 4.74 Å². The molecule has 0 saturated heterocycles. The molecular formula is C28H29BrINO5S. The molecule has 0 radical (unpaired) electrons. The highest BCUT2D eigenvalue weighted by atomic mass is 127. The van der Waals surface area contributed by atoms with E-state index in [1.807, 2.05) is 31.5 Å². The average molecular weight is 698 g/mol. The summed E-state index contributed by atoms with van der Waals surface area (Å²) in [7, 11) is -2.32. The summed E-state index contributed by atoms with van der Waals surface area (Å²) in [6.07, 6.45) is 0. The van der Waals surface area contributed by atoms with Crippen LogP contribution in [0.4, 0.5) is 0 Å². The van der Waals surface area contributed by atoms with Gasteiger partial charge in [-0.25, -0.2) is 13.2 Å². The van der Waals surface area contributed by atoms with E-state index in [1.54, 1.807) is 12.1 Å². The third-order valence-corrected chi connectivity index (χ3v) is 10.9. The lowest BCUT2D eigenvalue weighted by molar-refractivity contribution is -0.596. The maximum Gasteiger partial charge on any atom is 0.361 e.